The van der Waals surface area contributed by atoms with Crippen LogP contribution >= 0.6 is 0 Å². The number of nitrogens with zero attached hydrogens (tertiary/aromatic N) is 3. The summed E-state index contributed by atoms with van der Waals surface area (Å²) in [4.78, 5) is 19.2. The second-order valence-corrected chi connectivity index (χ2v) is 5.45. The van der Waals surface area contributed by atoms with Gasteiger partial charge in [0.25, 0.3) is 0 Å². The predicted molar refractivity (Wildman–Crippen MR) is 92.0 cm³/mol. The lowest BCUT2D eigenvalue weighted by Crippen LogP contribution is -2.17. The first-order valence-corrected chi connectivity index (χ1v) is 7.82. The van der Waals surface area contributed by atoms with Crippen molar-refractivity contribution in [3.8, 4) is 11.4 Å². The smallest absolute Gasteiger partial charge is 0.465 e. The summed E-state index contributed by atoms with van der Waals surface area (Å²) in [5.41, 5.74) is 7.09. The number of rotatable bonds is 7. The molecule has 0 spiro atoms. The Bertz CT molecular complexity index is 873. The number of carbonyl (C=O) groups is 1. The number of carbonyl (C=O) groups excluding carboxylic acids is 1. The second kappa shape index (κ2) is 9.13. The third kappa shape index (κ3) is 5.39. The fraction of sp³-hybridized carbons (Fsp3) is 0.294. The molecule has 0 aliphatic rings. The van der Waals surface area contributed by atoms with Crippen molar-refractivity contribution in [2.45, 2.75) is 12.7 Å². The van der Waals surface area contributed by atoms with Crippen LogP contribution in [0.15, 0.2) is 45.1 Å². The number of esters is 1. The maximum atomic E-state index is 12.5. The first kappa shape index (κ1) is 21.1. The van der Waals surface area contributed by atoms with Crippen LogP contribution in [-0.2, 0) is 27.0 Å². The number of alkyl halides is 3. The highest BCUT2D eigenvalue weighted by Crippen LogP contribution is 2.29. The molecule has 0 radical (unpaired) electrons. The van der Waals surface area contributed by atoms with Gasteiger partial charge in [0, 0.05) is 18.9 Å². The highest BCUT2D eigenvalue weighted by atomic mass is 19.4. The summed E-state index contributed by atoms with van der Waals surface area (Å²) in [6, 6.07) is 6.34. The lowest BCUT2D eigenvalue weighted by molar-refractivity contribution is -0.159. The van der Waals surface area contributed by atoms with Gasteiger partial charge in [-0.05, 0) is 5.56 Å². The zero-order valence-corrected chi connectivity index (χ0v) is 15.0. The summed E-state index contributed by atoms with van der Waals surface area (Å²) < 4.78 is 51.2. The number of benzene rings is 1. The van der Waals surface area contributed by atoms with Gasteiger partial charge in [-0.1, -0.05) is 29.4 Å². The minimum Gasteiger partial charge on any atom is -0.465 e. The molecule has 0 fully saturated rings. The SMILES string of the molecule is COCC(N)=C(C=NCc1ccc(-c2noc(C(F)(F)F)n2)cc1)C(=O)OC. The molecule has 0 saturated carbocycles. The van der Waals surface area contributed by atoms with Crippen molar-refractivity contribution in [1.29, 1.82) is 0 Å². The molecule has 0 saturated heterocycles. The molecule has 0 atom stereocenters. The van der Waals surface area contributed by atoms with Gasteiger partial charge in [0.05, 0.1) is 31.5 Å². The molecule has 0 aliphatic heterocycles. The van der Waals surface area contributed by atoms with E-state index in [1.54, 1.807) is 12.1 Å². The number of aliphatic imine (C=N–C) groups is 1. The lowest BCUT2D eigenvalue weighted by Gasteiger charge is -2.05. The molecule has 11 heteroatoms. The van der Waals surface area contributed by atoms with E-state index < -0.39 is 18.0 Å². The first-order valence-electron chi connectivity index (χ1n) is 7.82. The van der Waals surface area contributed by atoms with Crippen molar-refractivity contribution in [2.24, 2.45) is 10.7 Å². The Morgan fingerprint density at radius 1 is 1.29 bits per heavy atom. The van der Waals surface area contributed by atoms with Crippen LogP contribution in [-0.4, -0.2) is 43.2 Å². The maximum absolute atomic E-state index is 12.5. The number of methoxy groups -OCH3 is 2. The molecule has 0 aliphatic carbocycles. The first-order chi connectivity index (χ1) is 13.3. The van der Waals surface area contributed by atoms with E-state index in [2.05, 4.69) is 24.4 Å². The van der Waals surface area contributed by atoms with Crippen molar-refractivity contribution >= 4 is 12.2 Å². The molecule has 2 rings (SSSR count). The molecule has 1 aromatic heterocycles. The Kier molecular flexibility index (Phi) is 6.88. The average Bonchev–Trinajstić information content (AvgIpc) is 3.16. The number of halogens is 3. The molecular formula is C17H17F3N4O4. The molecule has 2 N–H and O–H groups in total. The Morgan fingerprint density at radius 2 is 1.96 bits per heavy atom. The van der Waals surface area contributed by atoms with E-state index in [0.29, 0.717) is 5.56 Å². The van der Waals surface area contributed by atoms with Gasteiger partial charge in [0.2, 0.25) is 5.82 Å². The summed E-state index contributed by atoms with van der Waals surface area (Å²) in [6.07, 6.45) is -3.42. The van der Waals surface area contributed by atoms with E-state index in [1.807, 2.05) is 0 Å². The third-order valence-corrected chi connectivity index (χ3v) is 3.43. The number of hydrogen-bond donors (Lipinski definition) is 1. The van der Waals surface area contributed by atoms with Gasteiger partial charge in [-0.15, -0.1) is 0 Å². The summed E-state index contributed by atoms with van der Waals surface area (Å²) in [6.45, 7) is 0.233. The summed E-state index contributed by atoms with van der Waals surface area (Å²) >= 11 is 0. The average molecular weight is 398 g/mol. The molecule has 1 heterocycles. The highest BCUT2D eigenvalue weighted by Gasteiger charge is 2.38. The van der Waals surface area contributed by atoms with Crippen LogP contribution in [0.25, 0.3) is 11.4 Å². The van der Waals surface area contributed by atoms with E-state index in [1.165, 1.54) is 32.6 Å². The predicted octanol–water partition coefficient (Wildman–Crippen LogP) is 2.36. The zero-order chi connectivity index (χ0) is 20.7. The fourth-order valence-corrected chi connectivity index (χ4v) is 2.07. The molecule has 0 bridgehead atoms. The van der Waals surface area contributed by atoms with E-state index >= 15 is 0 Å². The molecular weight excluding hydrogens is 381 g/mol. The third-order valence-electron chi connectivity index (χ3n) is 3.43. The lowest BCUT2D eigenvalue weighted by atomic mass is 10.1. The van der Waals surface area contributed by atoms with Crippen molar-refractivity contribution in [2.75, 3.05) is 20.8 Å². The molecule has 2 aromatic rings. The van der Waals surface area contributed by atoms with Crippen molar-refractivity contribution in [3.63, 3.8) is 0 Å². The van der Waals surface area contributed by atoms with E-state index in [0.717, 1.165) is 5.56 Å². The van der Waals surface area contributed by atoms with Crippen LogP contribution in [0.4, 0.5) is 13.2 Å². The summed E-state index contributed by atoms with van der Waals surface area (Å²) in [5, 5.41) is 3.31. The molecule has 8 nitrogen and oxygen atoms in total. The van der Waals surface area contributed by atoms with E-state index in [-0.39, 0.29) is 30.2 Å². The largest absolute Gasteiger partial charge is 0.471 e. The van der Waals surface area contributed by atoms with Gasteiger partial charge in [0.1, 0.15) is 0 Å². The van der Waals surface area contributed by atoms with Crippen LogP contribution < -0.4 is 5.73 Å². The Hall–Kier alpha value is -3.21. The van der Waals surface area contributed by atoms with Crippen LogP contribution in [0.1, 0.15) is 11.5 Å². The molecule has 1 aromatic carbocycles. The van der Waals surface area contributed by atoms with Crippen molar-refractivity contribution < 1.29 is 32.0 Å². The van der Waals surface area contributed by atoms with Gasteiger partial charge in [-0.25, -0.2) is 4.79 Å². The van der Waals surface area contributed by atoms with Crippen LogP contribution in [0.2, 0.25) is 0 Å². The summed E-state index contributed by atoms with van der Waals surface area (Å²) in [7, 11) is 2.65. The van der Waals surface area contributed by atoms with Crippen LogP contribution in [0.3, 0.4) is 0 Å². The van der Waals surface area contributed by atoms with Crippen molar-refractivity contribution in [1.82, 2.24) is 10.1 Å². The van der Waals surface area contributed by atoms with E-state index in [4.69, 9.17) is 10.5 Å². The van der Waals surface area contributed by atoms with Gasteiger partial charge in [0.15, 0.2) is 0 Å². The van der Waals surface area contributed by atoms with Gasteiger partial charge < -0.3 is 19.7 Å². The standard InChI is InChI=1S/C17H17F3N4O4/c1-26-9-13(21)12(15(25)27-2)8-22-7-10-3-5-11(6-4-10)14-23-16(28-24-14)17(18,19)20/h3-6,8H,7,9,21H2,1-2H3. The molecule has 0 unspecified atom stereocenters. The van der Waals surface area contributed by atoms with Gasteiger partial charge in [-0.2, -0.15) is 18.2 Å². The fourth-order valence-electron chi connectivity index (χ4n) is 2.07. The minimum absolute atomic E-state index is 0.0375. The number of ether oxygens (including phenoxy) is 2. The minimum atomic E-state index is -4.70. The van der Waals surface area contributed by atoms with Gasteiger partial charge >= 0.3 is 18.0 Å². The van der Waals surface area contributed by atoms with Crippen LogP contribution in [0.5, 0.6) is 0 Å². The second-order valence-electron chi connectivity index (χ2n) is 5.45. The number of nitrogens with two attached hydrogens (primary N) is 1. The molecule has 0 amide bonds. The normalized spacial score (nSPS) is 12.9. The monoisotopic (exact) mass is 398 g/mol. The summed E-state index contributed by atoms with van der Waals surface area (Å²) in [5.74, 6) is -2.23. The Balaban J connectivity index is 2.09. The van der Waals surface area contributed by atoms with E-state index in [9.17, 15) is 18.0 Å². The molecule has 150 valence electrons. The Morgan fingerprint density at radius 3 is 2.50 bits per heavy atom. The topological polar surface area (TPSA) is 113 Å². The van der Waals surface area contributed by atoms with Gasteiger partial charge in [-0.3, -0.25) is 4.99 Å². The molecule has 28 heavy (non-hydrogen) atoms. The highest BCUT2D eigenvalue weighted by molar-refractivity contribution is 6.10. The number of aromatic nitrogens is 2. The van der Waals surface area contributed by atoms with Crippen LogP contribution in [0, 0.1) is 0 Å². The zero-order valence-electron chi connectivity index (χ0n) is 15.0. The Labute approximate surface area is 157 Å². The number of hydrogen-bond acceptors (Lipinski definition) is 8. The van der Waals surface area contributed by atoms with Crippen molar-refractivity contribution in [3.05, 3.63) is 47.0 Å². The quantitative estimate of drug-likeness (QED) is 0.433. The maximum Gasteiger partial charge on any atom is 0.471 e.